The Hall–Kier alpha value is -2.98. The molecule has 120 valence electrons. The minimum Gasteiger partial charge on any atom is -0.385 e. The quantitative estimate of drug-likeness (QED) is 0.709. The van der Waals surface area contributed by atoms with E-state index < -0.39 is 10.7 Å². The SMILES string of the molecule is CNc1c(C#N)nnc2cc(-c3ccc(C[SH](=O)=O)cc3)ccc12. The van der Waals surface area contributed by atoms with Crippen molar-refractivity contribution < 1.29 is 8.42 Å². The first kappa shape index (κ1) is 15.9. The maximum absolute atomic E-state index is 10.8. The summed E-state index contributed by atoms with van der Waals surface area (Å²) in [6.45, 7) is 0. The summed E-state index contributed by atoms with van der Waals surface area (Å²) in [5.41, 5.74) is 4.26. The average molecular weight is 338 g/mol. The molecule has 2 aromatic carbocycles. The van der Waals surface area contributed by atoms with Gasteiger partial charge in [0.15, 0.2) is 5.69 Å². The lowest BCUT2D eigenvalue weighted by Gasteiger charge is -2.08. The van der Waals surface area contributed by atoms with E-state index in [2.05, 4.69) is 15.5 Å². The largest absolute Gasteiger partial charge is 0.385 e. The third kappa shape index (κ3) is 3.05. The molecule has 6 nitrogen and oxygen atoms in total. The third-order valence-corrected chi connectivity index (χ3v) is 4.34. The van der Waals surface area contributed by atoms with E-state index >= 15 is 0 Å². The van der Waals surface area contributed by atoms with Gasteiger partial charge >= 0.3 is 0 Å². The van der Waals surface area contributed by atoms with Crippen LogP contribution in [-0.2, 0) is 16.5 Å². The predicted octanol–water partition coefficient (Wildman–Crippen LogP) is 2.32. The summed E-state index contributed by atoms with van der Waals surface area (Å²) in [7, 11) is -0.685. The van der Waals surface area contributed by atoms with Crippen molar-refractivity contribution in [1.29, 1.82) is 5.26 Å². The van der Waals surface area contributed by atoms with Gasteiger partial charge in [-0.05, 0) is 28.8 Å². The van der Waals surface area contributed by atoms with Gasteiger partial charge in [0.2, 0.25) is 0 Å². The number of hydrogen-bond acceptors (Lipinski definition) is 6. The van der Waals surface area contributed by atoms with E-state index in [0.29, 0.717) is 11.2 Å². The van der Waals surface area contributed by atoms with Crippen molar-refractivity contribution in [2.24, 2.45) is 0 Å². The third-order valence-electron chi connectivity index (χ3n) is 3.72. The highest BCUT2D eigenvalue weighted by molar-refractivity contribution is 7.71. The van der Waals surface area contributed by atoms with Crippen molar-refractivity contribution in [1.82, 2.24) is 10.2 Å². The molecule has 0 spiro atoms. The van der Waals surface area contributed by atoms with Gasteiger partial charge in [-0.2, -0.15) is 5.26 Å². The van der Waals surface area contributed by atoms with Crippen LogP contribution in [0.4, 0.5) is 5.69 Å². The highest BCUT2D eigenvalue weighted by Crippen LogP contribution is 2.28. The smallest absolute Gasteiger partial charge is 0.186 e. The molecule has 0 fully saturated rings. The van der Waals surface area contributed by atoms with Crippen LogP contribution in [0, 0.1) is 11.3 Å². The van der Waals surface area contributed by atoms with Crippen LogP contribution in [0.5, 0.6) is 0 Å². The van der Waals surface area contributed by atoms with Gasteiger partial charge in [-0.25, -0.2) is 8.42 Å². The topological polar surface area (TPSA) is 95.7 Å². The molecular formula is C17H14N4O2S. The second-order valence-corrected chi connectivity index (χ2v) is 6.19. The number of aromatic nitrogens is 2. The van der Waals surface area contributed by atoms with Gasteiger partial charge < -0.3 is 5.32 Å². The minimum atomic E-state index is -2.43. The van der Waals surface area contributed by atoms with Crippen molar-refractivity contribution in [3.63, 3.8) is 0 Å². The van der Waals surface area contributed by atoms with Crippen LogP contribution in [-0.4, -0.2) is 25.7 Å². The Balaban J connectivity index is 2.04. The van der Waals surface area contributed by atoms with Crippen LogP contribution in [0.25, 0.3) is 22.0 Å². The zero-order valence-corrected chi connectivity index (χ0v) is 13.7. The van der Waals surface area contributed by atoms with Gasteiger partial charge in [0.05, 0.1) is 17.0 Å². The summed E-state index contributed by atoms with van der Waals surface area (Å²) in [6, 6.07) is 15.1. The number of fused-ring (bicyclic) bond motifs is 1. The molecule has 0 saturated heterocycles. The second-order valence-electron chi connectivity index (χ2n) is 5.21. The monoisotopic (exact) mass is 338 g/mol. The maximum atomic E-state index is 10.8. The molecule has 0 amide bonds. The van der Waals surface area contributed by atoms with E-state index in [1.54, 1.807) is 19.2 Å². The molecule has 7 heteroatoms. The standard InChI is InChI=1S/C17H14N4O2S/c1-19-17-14-7-6-13(8-15(14)20-21-16(17)9-18)12-4-2-11(3-5-12)10-24(22)23/h2-8,24H,10H2,1H3,(H,19,20). The van der Waals surface area contributed by atoms with Gasteiger partial charge in [-0.3, -0.25) is 0 Å². The van der Waals surface area contributed by atoms with E-state index in [1.807, 2.05) is 36.4 Å². The molecule has 0 unspecified atom stereocenters. The molecule has 1 heterocycles. The highest BCUT2D eigenvalue weighted by atomic mass is 32.2. The lowest BCUT2D eigenvalue weighted by molar-refractivity contribution is 0.614. The van der Waals surface area contributed by atoms with E-state index in [-0.39, 0.29) is 11.4 Å². The van der Waals surface area contributed by atoms with E-state index in [4.69, 9.17) is 5.26 Å². The number of nitrogens with zero attached hydrogens (tertiary/aromatic N) is 3. The lowest BCUT2D eigenvalue weighted by Crippen LogP contribution is -1.99. The second kappa shape index (κ2) is 6.64. The van der Waals surface area contributed by atoms with Crippen LogP contribution >= 0.6 is 0 Å². The van der Waals surface area contributed by atoms with Crippen LogP contribution in [0.15, 0.2) is 42.5 Å². The fraction of sp³-hybridized carbons (Fsp3) is 0.118. The van der Waals surface area contributed by atoms with Crippen LogP contribution in [0.1, 0.15) is 11.3 Å². The molecule has 0 aliphatic rings. The Labute approximate surface area is 140 Å². The summed E-state index contributed by atoms with van der Waals surface area (Å²) in [6.07, 6.45) is 0. The number of thiol groups is 1. The maximum Gasteiger partial charge on any atom is 0.186 e. The zero-order chi connectivity index (χ0) is 17.1. The van der Waals surface area contributed by atoms with Crippen molar-refractivity contribution in [2.45, 2.75) is 5.75 Å². The summed E-state index contributed by atoms with van der Waals surface area (Å²) in [5.74, 6) is 0.0429. The van der Waals surface area contributed by atoms with Gasteiger partial charge in [0.25, 0.3) is 0 Å². The summed E-state index contributed by atoms with van der Waals surface area (Å²) >= 11 is 0. The first-order valence-corrected chi connectivity index (χ1v) is 8.58. The van der Waals surface area contributed by atoms with Crippen molar-refractivity contribution in [3.8, 4) is 17.2 Å². The number of anilines is 1. The molecule has 0 saturated carbocycles. The summed E-state index contributed by atoms with van der Waals surface area (Å²) in [4.78, 5) is 0. The summed E-state index contributed by atoms with van der Waals surface area (Å²) in [5, 5.41) is 21.0. The fourth-order valence-corrected chi connectivity index (χ4v) is 3.08. The van der Waals surface area contributed by atoms with Crippen molar-refractivity contribution in [2.75, 3.05) is 12.4 Å². The predicted molar refractivity (Wildman–Crippen MR) is 93.3 cm³/mol. The molecule has 3 rings (SSSR count). The number of nitrogens with one attached hydrogen (secondary N) is 1. The van der Waals surface area contributed by atoms with E-state index in [9.17, 15) is 8.42 Å². The van der Waals surface area contributed by atoms with Crippen LogP contribution in [0.3, 0.4) is 0 Å². The molecule has 0 radical (unpaired) electrons. The van der Waals surface area contributed by atoms with Gasteiger partial charge in [-0.15, -0.1) is 10.2 Å². The normalized spacial score (nSPS) is 10.7. The molecule has 0 bridgehead atoms. The molecule has 0 aliphatic carbocycles. The van der Waals surface area contributed by atoms with E-state index in [0.717, 1.165) is 22.1 Å². The number of hydrogen-bond donors (Lipinski definition) is 2. The Morgan fingerprint density at radius 2 is 1.79 bits per heavy atom. The first-order chi connectivity index (χ1) is 11.6. The molecule has 0 atom stereocenters. The van der Waals surface area contributed by atoms with Crippen LogP contribution in [0.2, 0.25) is 0 Å². The molecule has 24 heavy (non-hydrogen) atoms. The van der Waals surface area contributed by atoms with Gasteiger partial charge in [-0.1, -0.05) is 30.3 Å². The minimum absolute atomic E-state index is 0.0429. The molecule has 1 aromatic heterocycles. The Bertz CT molecular complexity index is 1010. The molecule has 0 aliphatic heterocycles. The number of nitriles is 1. The highest BCUT2D eigenvalue weighted by Gasteiger charge is 2.10. The lowest BCUT2D eigenvalue weighted by atomic mass is 10.0. The Kier molecular flexibility index (Phi) is 4.40. The zero-order valence-electron chi connectivity index (χ0n) is 12.9. The molecular weight excluding hydrogens is 324 g/mol. The number of rotatable bonds is 4. The van der Waals surface area contributed by atoms with Gasteiger partial charge in [0, 0.05) is 12.4 Å². The van der Waals surface area contributed by atoms with Gasteiger partial charge in [0.1, 0.15) is 16.8 Å². The first-order valence-electron chi connectivity index (χ1n) is 7.22. The average Bonchev–Trinajstić information content (AvgIpc) is 2.60. The molecule has 3 aromatic rings. The Morgan fingerprint density at radius 3 is 2.42 bits per heavy atom. The molecule has 1 N–H and O–H groups in total. The van der Waals surface area contributed by atoms with E-state index in [1.165, 1.54) is 0 Å². The van der Waals surface area contributed by atoms with Crippen molar-refractivity contribution >= 4 is 27.3 Å². The van der Waals surface area contributed by atoms with Crippen LogP contribution < -0.4 is 5.32 Å². The van der Waals surface area contributed by atoms with Crippen molar-refractivity contribution in [3.05, 3.63) is 53.7 Å². The number of benzene rings is 2. The summed E-state index contributed by atoms with van der Waals surface area (Å²) < 4.78 is 21.6. The Morgan fingerprint density at radius 1 is 1.08 bits per heavy atom. The fourth-order valence-electron chi connectivity index (χ4n) is 2.57.